The van der Waals surface area contributed by atoms with Gasteiger partial charge in [0, 0.05) is 12.0 Å². The van der Waals surface area contributed by atoms with Crippen LogP contribution in [0.2, 0.25) is 0 Å². The summed E-state index contributed by atoms with van der Waals surface area (Å²) in [5.74, 6) is -0.166. The fourth-order valence-corrected chi connectivity index (χ4v) is 3.44. The molecule has 0 atom stereocenters. The molecule has 1 heterocycles. The number of ether oxygens (including phenoxy) is 1. The number of nitrogens with zero attached hydrogens (tertiary/aromatic N) is 3. The molecule has 0 unspecified atom stereocenters. The van der Waals surface area contributed by atoms with E-state index in [2.05, 4.69) is 9.98 Å². The summed E-state index contributed by atoms with van der Waals surface area (Å²) in [4.78, 5) is 7.87. The molecule has 0 N–H and O–H groups in total. The van der Waals surface area contributed by atoms with Gasteiger partial charge in [0.1, 0.15) is 17.4 Å². The van der Waals surface area contributed by atoms with E-state index < -0.39 is 23.9 Å². The van der Waals surface area contributed by atoms with Crippen molar-refractivity contribution in [3.63, 3.8) is 0 Å². The van der Waals surface area contributed by atoms with Crippen LogP contribution < -0.4 is 4.74 Å². The van der Waals surface area contributed by atoms with Crippen molar-refractivity contribution >= 4 is 11.7 Å². The Hall–Kier alpha value is -3.04. The highest BCUT2D eigenvalue weighted by molar-refractivity contribution is 6.10. The van der Waals surface area contributed by atoms with Crippen LogP contribution >= 0.6 is 0 Å². The summed E-state index contributed by atoms with van der Waals surface area (Å²) in [5, 5.41) is 0. The summed E-state index contributed by atoms with van der Waals surface area (Å²) in [6.07, 6.45) is -10.7. The minimum atomic E-state index is -5.77. The van der Waals surface area contributed by atoms with Crippen LogP contribution in [0.1, 0.15) is 37.3 Å². The summed E-state index contributed by atoms with van der Waals surface area (Å²) in [5.41, 5.74) is -3.78. The highest BCUT2D eigenvalue weighted by Gasteiger charge is 2.73. The van der Waals surface area contributed by atoms with Gasteiger partial charge in [-0.3, -0.25) is 0 Å². The second-order valence-corrected chi connectivity index (χ2v) is 7.53. The summed E-state index contributed by atoms with van der Waals surface area (Å²) < 4.78 is 88.8. The Labute approximate surface area is 187 Å². The Morgan fingerprint density at radius 1 is 0.879 bits per heavy atom. The standard InChI is InChI=1S/C23H23F6N3O/c1-3-4-10-19-30-21(22(24,25)26,23(27,28)29)31-20(17-8-6-5-7-9-17)32(19)15-16-11-13-18(33-2)14-12-16/h5-9,11-14H,3-4,10,15H2,1-2H3. The average molecular weight is 471 g/mol. The predicted molar refractivity (Wildman–Crippen MR) is 113 cm³/mol. The van der Waals surface area contributed by atoms with Crippen LogP contribution in [-0.2, 0) is 6.54 Å². The number of alkyl halides is 6. The Bertz CT molecular complexity index is 984. The van der Waals surface area contributed by atoms with E-state index in [0.29, 0.717) is 24.2 Å². The van der Waals surface area contributed by atoms with Gasteiger partial charge in [0.2, 0.25) is 0 Å². The SMILES string of the molecule is CCCCC1=NC(C(F)(F)F)(C(F)(F)F)N=C(c2ccccc2)N1Cc1ccc(OC)cc1. The normalized spacial score (nSPS) is 16.3. The zero-order valence-electron chi connectivity index (χ0n) is 18.0. The molecular formula is C23H23F6N3O. The number of hydrogen-bond acceptors (Lipinski definition) is 4. The van der Waals surface area contributed by atoms with Crippen molar-refractivity contribution in [3.05, 3.63) is 65.7 Å². The van der Waals surface area contributed by atoms with E-state index in [9.17, 15) is 26.3 Å². The van der Waals surface area contributed by atoms with Crippen LogP contribution in [0.15, 0.2) is 64.6 Å². The fourth-order valence-electron chi connectivity index (χ4n) is 3.44. The maximum absolute atomic E-state index is 13.9. The van der Waals surface area contributed by atoms with Crippen molar-refractivity contribution in [1.29, 1.82) is 0 Å². The summed E-state index contributed by atoms with van der Waals surface area (Å²) in [6, 6.07) is 14.2. The molecule has 0 radical (unpaired) electrons. The van der Waals surface area contributed by atoms with Gasteiger partial charge >= 0.3 is 18.0 Å². The third-order valence-corrected chi connectivity index (χ3v) is 5.20. The molecule has 1 aliphatic rings. The molecule has 0 bridgehead atoms. The van der Waals surface area contributed by atoms with E-state index in [0.717, 1.165) is 0 Å². The zero-order valence-corrected chi connectivity index (χ0v) is 18.0. The van der Waals surface area contributed by atoms with E-state index in [-0.39, 0.29) is 24.4 Å². The molecule has 0 amide bonds. The average Bonchev–Trinajstić information content (AvgIpc) is 2.77. The van der Waals surface area contributed by atoms with Gasteiger partial charge in [0.25, 0.3) is 0 Å². The first-order valence-corrected chi connectivity index (χ1v) is 10.3. The number of benzene rings is 2. The van der Waals surface area contributed by atoms with Gasteiger partial charge in [-0.15, -0.1) is 0 Å². The van der Waals surface area contributed by atoms with Gasteiger partial charge in [-0.05, 0) is 24.1 Å². The smallest absolute Gasteiger partial charge is 0.443 e. The van der Waals surface area contributed by atoms with Gasteiger partial charge in [0.15, 0.2) is 0 Å². The highest BCUT2D eigenvalue weighted by atomic mass is 19.4. The van der Waals surface area contributed by atoms with Crippen LogP contribution in [0.4, 0.5) is 26.3 Å². The summed E-state index contributed by atoms with van der Waals surface area (Å²) >= 11 is 0. The van der Waals surface area contributed by atoms with Crippen LogP contribution in [0.25, 0.3) is 0 Å². The van der Waals surface area contributed by atoms with Gasteiger partial charge in [-0.2, -0.15) is 26.3 Å². The number of amidine groups is 2. The van der Waals surface area contributed by atoms with E-state index >= 15 is 0 Å². The Morgan fingerprint density at radius 2 is 1.48 bits per heavy atom. The first-order valence-electron chi connectivity index (χ1n) is 10.3. The maximum atomic E-state index is 13.9. The molecule has 0 saturated carbocycles. The molecule has 0 aromatic heterocycles. The number of rotatable bonds is 7. The van der Waals surface area contributed by atoms with Gasteiger partial charge in [-0.1, -0.05) is 55.8 Å². The Kier molecular flexibility index (Phi) is 7.04. The predicted octanol–water partition coefficient (Wildman–Crippen LogP) is 6.37. The molecule has 10 heteroatoms. The topological polar surface area (TPSA) is 37.2 Å². The lowest BCUT2D eigenvalue weighted by molar-refractivity contribution is -0.293. The van der Waals surface area contributed by atoms with Crippen LogP contribution in [-0.4, -0.2) is 41.7 Å². The lowest BCUT2D eigenvalue weighted by Crippen LogP contribution is -2.59. The van der Waals surface area contributed by atoms with Crippen molar-refractivity contribution in [3.8, 4) is 5.75 Å². The molecule has 1 aliphatic heterocycles. The molecule has 2 aromatic rings. The first kappa shape index (κ1) is 24.6. The molecule has 0 spiro atoms. The van der Waals surface area contributed by atoms with Crippen LogP contribution in [0.3, 0.4) is 0 Å². The molecule has 178 valence electrons. The minimum absolute atomic E-state index is 0.00787. The van der Waals surface area contributed by atoms with E-state index in [1.165, 1.54) is 36.3 Å². The first-order chi connectivity index (χ1) is 15.5. The Morgan fingerprint density at radius 3 is 2.00 bits per heavy atom. The second-order valence-electron chi connectivity index (χ2n) is 7.53. The van der Waals surface area contributed by atoms with E-state index in [4.69, 9.17) is 4.74 Å². The second kappa shape index (κ2) is 9.44. The molecule has 0 fully saturated rings. The quantitative estimate of drug-likeness (QED) is 0.440. The number of aliphatic imine (C=N–C) groups is 2. The molecule has 33 heavy (non-hydrogen) atoms. The highest BCUT2D eigenvalue weighted by Crippen LogP contribution is 2.49. The maximum Gasteiger partial charge on any atom is 0.443 e. The number of methoxy groups -OCH3 is 1. The molecular weight excluding hydrogens is 448 g/mol. The van der Waals surface area contributed by atoms with Crippen molar-refractivity contribution in [2.24, 2.45) is 9.98 Å². The summed E-state index contributed by atoms with van der Waals surface area (Å²) in [7, 11) is 1.49. The number of unbranched alkanes of at least 4 members (excludes halogenated alkanes) is 1. The van der Waals surface area contributed by atoms with Crippen molar-refractivity contribution in [1.82, 2.24) is 4.90 Å². The number of hydrogen-bond donors (Lipinski definition) is 0. The van der Waals surface area contributed by atoms with Crippen molar-refractivity contribution in [2.45, 2.75) is 50.7 Å². The third kappa shape index (κ3) is 4.99. The van der Waals surface area contributed by atoms with Crippen LogP contribution in [0.5, 0.6) is 5.75 Å². The summed E-state index contributed by atoms with van der Waals surface area (Å²) in [6.45, 7) is 1.79. The van der Waals surface area contributed by atoms with E-state index in [1.54, 1.807) is 37.3 Å². The fraction of sp³-hybridized carbons (Fsp3) is 0.391. The lowest BCUT2D eigenvalue weighted by Gasteiger charge is -2.39. The minimum Gasteiger partial charge on any atom is -0.497 e. The van der Waals surface area contributed by atoms with Gasteiger partial charge in [-0.25, -0.2) is 9.98 Å². The lowest BCUT2D eigenvalue weighted by atomic mass is 10.0. The van der Waals surface area contributed by atoms with Crippen molar-refractivity contribution < 1.29 is 31.1 Å². The van der Waals surface area contributed by atoms with Gasteiger partial charge < -0.3 is 9.64 Å². The molecule has 0 aliphatic carbocycles. The van der Waals surface area contributed by atoms with Crippen LogP contribution in [0, 0.1) is 0 Å². The molecule has 4 nitrogen and oxygen atoms in total. The monoisotopic (exact) mass is 471 g/mol. The van der Waals surface area contributed by atoms with Gasteiger partial charge in [0.05, 0.1) is 13.7 Å². The number of halogens is 6. The molecule has 2 aromatic carbocycles. The Balaban J connectivity index is 2.21. The largest absolute Gasteiger partial charge is 0.497 e. The van der Waals surface area contributed by atoms with Crippen molar-refractivity contribution in [2.75, 3.05) is 7.11 Å². The molecule has 0 saturated heterocycles. The zero-order chi connectivity index (χ0) is 24.3. The third-order valence-electron chi connectivity index (χ3n) is 5.20. The van der Waals surface area contributed by atoms with E-state index in [1.807, 2.05) is 0 Å². The molecule has 3 rings (SSSR count).